The number of aromatic nitrogens is 1. The highest BCUT2D eigenvalue weighted by Crippen LogP contribution is 2.35. The average molecular weight is 386 g/mol. The largest absolute Gasteiger partial charge is 0.327 e. The van der Waals surface area contributed by atoms with Gasteiger partial charge in [-0.3, -0.25) is 0 Å². The second-order valence-electron chi connectivity index (χ2n) is 6.75. The van der Waals surface area contributed by atoms with Crippen molar-refractivity contribution in [2.24, 2.45) is 0 Å². The van der Waals surface area contributed by atoms with E-state index < -0.39 is 0 Å². The maximum Gasteiger partial charge on any atom is 0.0895 e. The molecule has 3 aromatic rings. The third-order valence-electron chi connectivity index (χ3n) is 4.94. The fourth-order valence-corrected chi connectivity index (χ4v) is 4.42. The Morgan fingerprint density at radius 3 is 1.83 bits per heavy atom. The van der Waals surface area contributed by atoms with E-state index in [1.807, 2.05) is 0 Å². The summed E-state index contributed by atoms with van der Waals surface area (Å²) in [5, 5.41) is 2.72. The number of nitrogens with zero attached hydrogens (tertiary/aromatic N) is 1. The Kier molecular flexibility index (Phi) is 6.37. The molecule has 0 aliphatic rings. The number of para-hydroxylation sites is 2. The van der Waals surface area contributed by atoms with E-state index in [1.165, 1.54) is 73.2 Å². The Balaban J connectivity index is 1.69. The molecule has 3 rings (SSSR count). The molecule has 1 nitrogen and oxygen atoms in total. The summed E-state index contributed by atoms with van der Waals surface area (Å²) in [7, 11) is 0. The summed E-state index contributed by atoms with van der Waals surface area (Å²) in [6.07, 6.45) is 10.7. The Bertz CT molecular complexity index is 721. The second kappa shape index (κ2) is 8.71. The van der Waals surface area contributed by atoms with Gasteiger partial charge in [0, 0.05) is 10.8 Å². The summed E-state index contributed by atoms with van der Waals surface area (Å²) in [6, 6.07) is 17.5. The molecule has 0 saturated heterocycles. The van der Waals surface area contributed by atoms with E-state index in [0.29, 0.717) is 4.95 Å². The Hall–Kier alpha value is -1.28. The highest BCUT2D eigenvalue weighted by Gasteiger charge is 2.15. The first kappa shape index (κ1) is 17.5. The third kappa shape index (κ3) is 3.85. The van der Waals surface area contributed by atoms with E-state index in [9.17, 15) is 0 Å². The Morgan fingerprint density at radius 2 is 1.25 bits per heavy atom. The minimum atomic E-state index is 0.373. The van der Waals surface area contributed by atoms with Crippen LogP contribution in [0.25, 0.3) is 21.8 Å². The molecule has 0 aliphatic carbocycles. The van der Waals surface area contributed by atoms with Crippen LogP contribution in [0, 0.1) is 0 Å². The molecule has 0 amide bonds. The molecule has 24 heavy (non-hydrogen) atoms. The van der Waals surface area contributed by atoms with Gasteiger partial charge >= 0.3 is 0 Å². The lowest BCUT2D eigenvalue weighted by Gasteiger charge is -2.15. The number of hydrogen-bond donors (Lipinski definition) is 0. The normalized spacial score (nSPS) is 12.9. The summed E-state index contributed by atoms with van der Waals surface area (Å²) in [5.41, 5.74) is 2.67. The van der Waals surface area contributed by atoms with Gasteiger partial charge in [0.15, 0.2) is 0 Å². The molecule has 128 valence electrons. The Labute approximate surface area is 154 Å². The minimum absolute atomic E-state index is 0.373. The van der Waals surface area contributed by atoms with Gasteiger partial charge in [0.05, 0.1) is 16.0 Å². The quantitative estimate of drug-likeness (QED) is 0.261. The van der Waals surface area contributed by atoms with Crippen LogP contribution in [0.5, 0.6) is 0 Å². The lowest BCUT2D eigenvalue weighted by atomic mass is 10.1. The van der Waals surface area contributed by atoms with E-state index in [-0.39, 0.29) is 0 Å². The van der Waals surface area contributed by atoms with E-state index in [1.54, 1.807) is 0 Å². The lowest BCUT2D eigenvalue weighted by molar-refractivity contribution is 0.550. The number of benzene rings is 2. The van der Waals surface area contributed by atoms with E-state index in [2.05, 4.69) is 76.0 Å². The van der Waals surface area contributed by atoms with Crippen molar-refractivity contribution in [3.05, 3.63) is 48.5 Å². The van der Waals surface area contributed by atoms with Crippen molar-refractivity contribution in [2.75, 3.05) is 0 Å². The lowest BCUT2D eigenvalue weighted by Crippen LogP contribution is -2.01. The van der Waals surface area contributed by atoms with Crippen molar-refractivity contribution in [3.8, 4) is 0 Å². The molecule has 1 atom stereocenters. The number of halogens is 1. The van der Waals surface area contributed by atoms with E-state index in [0.717, 1.165) is 0 Å². The maximum absolute atomic E-state index is 3.96. The highest BCUT2D eigenvalue weighted by atomic mass is 79.9. The summed E-state index contributed by atoms with van der Waals surface area (Å²) in [6.45, 7) is 2.28. The van der Waals surface area contributed by atoms with Gasteiger partial charge in [-0.1, -0.05) is 104 Å². The van der Waals surface area contributed by atoms with Gasteiger partial charge in [-0.15, -0.1) is 0 Å². The van der Waals surface area contributed by atoms with Crippen molar-refractivity contribution in [1.29, 1.82) is 0 Å². The molecule has 0 aliphatic heterocycles. The topological polar surface area (TPSA) is 4.93 Å². The second-order valence-corrected chi connectivity index (χ2v) is 7.81. The molecule has 1 aromatic heterocycles. The maximum atomic E-state index is 3.96. The van der Waals surface area contributed by atoms with E-state index in [4.69, 9.17) is 0 Å². The van der Waals surface area contributed by atoms with Crippen molar-refractivity contribution < 1.29 is 0 Å². The molecule has 0 spiro atoms. The zero-order chi connectivity index (χ0) is 16.8. The fourth-order valence-electron chi connectivity index (χ4n) is 3.65. The van der Waals surface area contributed by atoms with Gasteiger partial charge in [-0.05, 0) is 18.6 Å². The van der Waals surface area contributed by atoms with Crippen LogP contribution >= 0.6 is 15.9 Å². The SMILES string of the molecule is CCCCCCCCCC(Br)n1c2ccccc2c2ccccc21. The molecule has 0 saturated carbocycles. The highest BCUT2D eigenvalue weighted by molar-refractivity contribution is 9.09. The number of hydrogen-bond acceptors (Lipinski definition) is 0. The Morgan fingerprint density at radius 1 is 0.750 bits per heavy atom. The van der Waals surface area contributed by atoms with Gasteiger partial charge in [0.2, 0.25) is 0 Å². The zero-order valence-corrected chi connectivity index (χ0v) is 16.3. The van der Waals surface area contributed by atoms with Gasteiger partial charge in [0.1, 0.15) is 0 Å². The third-order valence-corrected chi connectivity index (χ3v) is 5.81. The van der Waals surface area contributed by atoms with Crippen molar-refractivity contribution >= 4 is 37.7 Å². The number of rotatable bonds is 9. The van der Waals surface area contributed by atoms with Crippen molar-refractivity contribution in [1.82, 2.24) is 4.57 Å². The van der Waals surface area contributed by atoms with Crippen molar-refractivity contribution in [2.45, 2.75) is 63.2 Å². The molecular formula is C22H28BrN. The number of alkyl halides is 1. The first-order chi connectivity index (χ1) is 11.8. The smallest absolute Gasteiger partial charge is 0.0895 e. The van der Waals surface area contributed by atoms with Crippen LogP contribution in [-0.4, -0.2) is 4.57 Å². The summed E-state index contributed by atoms with van der Waals surface area (Å²) < 4.78 is 2.47. The van der Waals surface area contributed by atoms with Crippen LogP contribution in [-0.2, 0) is 0 Å². The van der Waals surface area contributed by atoms with Crippen LogP contribution in [0.3, 0.4) is 0 Å². The molecule has 1 unspecified atom stereocenters. The fraction of sp³-hybridized carbons (Fsp3) is 0.455. The number of fused-ring (bicyclic) bond motifs is 3. The van der Waals surface area contributed by atoms with Gasteiger partial charge in [0.25, 0.3) is 0 Å². The monoisotopic (exact) mass is 385 g/mol. The van der Waals surface area contributed by atoms with Gasteiger partial charge in [-0.25, -0.2) is 0 Å². The standard InChI is InChI=1S/C22H28BrN/c1-2-3-4-5-6-7-8-17-22(23)24-20-15-11-9-13-18(20)19-14-10-12-16-21(19)24/h9-16,22H,2-8,17H2,1H3. The van der Waals surface area contributed by atoms with Gasteiger partial charge in [-0.2, -0.15) is 0 Å². The first-order valence-electron chi connectivity index (χ1n) is 9.44. The predicted octanol–water partition coefficient (Wildman–Crippen LogP) is 7.83. The number of unbranched alkanes of at least 4 members (excludes halogenated alkanes) is 6. The van der Waals surface area contributed by atoms with Crippen LogP contribution in [0.1, 0.15) is 63.2 Å². The molecule has 2 heteroatoms. The molecule has 0 bridgehead atoms. The first-order valence-corrected chi connectivity index (χ1v) is 10.4. The predicted molar refractivity (Wildman–Crippen MR) is 110 cm³/mol. The molecule has 2 aromatic carbocycles. The zero-order valence-electron chi connectivity index (χ0n) is 14.7. The molecule has 0 radical (unpaired) electrons. The molecule has 0 N–H and O–H groups in total. The van der Waals surface area contributed by atoms with Crippen LogP contribution < -0.4 is 0 Å². The van der Waals surface area contributed by atoms with E-state index >= 15 is 0 Å². The van der Waals surface area contributed by atoms with Crippen LogP contribution in [0.4, 0.5) is 0 Å². The van der Waals surface area contributed by atoms with Crippen molar-refractivity contribution in [3.63, 3.8) is 0 Å². The molecule has 1 heterocycles. The van der Waals surface area contributed by atoms with Gasteiger partial charge < -0.3 is 4.57 Å². The molecular weight excluding hydrogens is 358 g/mol. The average Bonchev–Trinajstić information content (AvgIpc) is 2.95. The summed E-state index contributed by atoms with van der Waals surface area (Å²) >= 11 is 3.96. The summed E-state index contributed by atoms with van der Waals surface area (Å²) in [5.74, 6) is 0. The molecule has 0 fully saturated rings. The van der Waals surface area contributed by atoms with Crippen LogP contribution in [0.2, 0.25) is 0 Å². The minimum Gasteiger partial charge on any atom is -0.327 e. The van der Waals surface area contributed by atoms with Crippen LogP contribution in [0.15, 0.2) is 48.5 Å². The summed E-state index contributed by atoms with van der Waals surface area (Å²) in [4.78, 5) is 0.373.